The second kappa shape index (κ2) is 10.7. The van der Waals surface area contributed by atoms with Crippen LogP contribution in [0.4, 0.5) is 4.39 Å². The molecular formula is C29H29FN6O. The van der Waals surface area contributed by atoms with Gasteiger partial charge in [0.1, 0.15) is 11.5 Å². The molecule has 1 saturated heterocycles. The number of rotatable bonds is 2. The van der Waals surface area contributed by atoms with Gasteiger partial charge < -0.3 is 4.90 Å². The molecule has 5 aromatic rings. The van der Waals surface area contributed by atoms with Crippen LogP contribution in [0.15, 0.2) is 91.3 Å². The van der Waals surface area contributed by atoms with Gasteiger partial charge in [-0.15, -0.1) is 5.10 Å². The lowest BCUT2D eigenvalue weighted by atomic mass is 10.2. The monoisotopic (exact) mass is 496 g/mol. The van der Waals surface area contributed by atoms with Crippen molar-refractivity contribution in [2.75, 3.05) is 13.1 Å². The number of benzene rings is 3. The minimum Gasteiger partial charge on any atom is -0.337 e. The summed E-state index contributed by atoms with van der Waals surface area (Å²) in [4.78, 5) is 13.8. The largest absolute Gasteiger partial charge is 0.337 e. The molecule has 1 amide bonds. The summed E-state index contributed by atoms with van der Waals surface area (Å²) < 4.78 is 16.2. The van der Waals surface area contributed by atoms with Crippen LogP contribution in [0, 0.1) is 24.6 Å². The third-order valence-corrected chi connectivity index (χ3v) is 6.66. The molecule has 0 radical (unpaired) electrons. The molecule has 0 bridgehead atoms. The van der Waals surface area contributed by atoms with Crippen molar-refractivity contribution in [3.05, 3.63) is 108 Å². The second-order valence-electron chi connectivity index (χ2n) is 9.46. The Morgan fingerprint density at radius 3 is 2.16 bits per heavy atom. The van der Waals surface area contributed by atoms with E-state index in [1.54, 1.807) is 19.2 Å². The van der Waals surface area contributed by atoms with E-state index in [4.69, 9.17) is 0 Å². The summed E-state index contributed by atoms with van der Waals surface area (Å²) in [7, 11) is 1.75. The van der Waals surface area contributed by atoms with E-state index in [0.29, 0.717) is 5.69 Å². The number of hydrogen-bond donors (Lipinski definition) is 0. The van der Waals surface area contributed by atoms with Gasteiger partial charge >= 0.3 is 0 Å². The third-order valence-electron chi connectivity index (χ3n) is 6.66. The fourth-order valence-corrected chi connectivity index (χ4v) is 4.51. The first-order chi connectivity index (χ1) is 18.0. The number of piperidine rings is 1. The van der Waals surface area contributed by atoms with E-state index in [1.807, 2.05) is 65.2 Å². The number of aryl methyl sites for hydroxylation is 2. The van der Waals surface area contributed by atoms with E-state index >= 15 is 0 Å². The maximum Gasteiger partial charge on any atom is 0.273 e. The lowest BCUT2D eigenvalue weighted by Crippen LogP contribution is -2.31. The van der Waals surface area contributed by atoms with Gasteiger partial charge in [0.15, 0.2) is 0 Å². The summed E-state index contributed by atoms with van der Waals surface area (Å²) in [6.07, 6.45) is 4.66. The minimum atomic E-state index is -0.235. The van der Waals surface area contributed by atoms with Crippen LogP contribution in [-0.2, 0) is 7.05 Å². The minimum absolute atomic E-state index is 0.0738. The number of fused-ring (bicyclic) bond motifs is 2. The molecule has 37 heavy (non-hydrogen) atoms. The molecule has 7 nitrogen and oxygen atoms in total. The molecule has 2 atom stereocenters. The highest BCUT2D eigenvalue weighted by atomic mass is 19.1. The van der Waals surface area contributed by atoms with E-state index in [9.17, 15) is 9.18 Å². The Labute approximate surface area is 215 Å². The summed E-state index contributed by atoms with van der Waals surface area (Å²) in [5, 5.41) is 12.9. The van der Waals surface area contributed by atoms with Gasteiger partial charge in [-0.3, -0.25) is 4.79 Å². The molecule has 188 valence electrons. The zero-order valence-corrected chi connectivity index (χ0v) is 20.9. The normalized spacial score (nSPS) is 17.3. The first-order valence-electron chi connectivity index (χ1n) is 12.3. The summed E-state index contributed by atoms with van der Waals surface area (Å²) in [6, 6.07) is 24.5. The molecule has 1 saturated carbocycles. The molecule has 2 aromatic heterocycles. The van der Waals surface area contributed by atoms with Gasteiger partial charge in [-0.1, -0.05) is 53.7 Å². The molecule has 2 aliphatic rings. The Morgan fingerprint density at radius 1 is 0.919 bits per heavy atom. The zero-order valence-electron chi connectivity index (χ0n) is 20.9. The number of carbonyl (C=O) groups excluding carboxylic acids is 1. The summed E-state index contributed by atoms with van der Waals surface area (Å²) >= 11 is 0. The quantitative estimate of drug-likeness (QED) is 0.342. The predicted octanol–water partition coefficient (Wildman–Crippen LogP) is 5.07. The van der Waals surface area contributed by atoms with Crippen LogP contribution in [0.25, 0.3) is 16.6 Å². The number of hydrogen-bond acceptors (Lipinski definition) is 4. The molecule has 0 N–H and O–H groups in total. The van der Waals surface area contributed by atoms with Gasteiger partial charge in [0.2, 0.25) is 0 Å². The number of likely N-dealkylation sites (tertiary alicyclic amines) is 1. The first-order valence-corrected chi connectivity index (χ1v) is 12.3. The smallest absolute Gasteiger partial charge is 0.273 e. The Morgan fingerprint density at radius 2 is 1.57 bits per heavy atom. The number of nitrogens with zero attached hydrogens (tertiary/aromatic N) is 6. The topological polar surface area (TPSA) is 68.8 Å². The lowest BCUT2D eigenvalue weighted by molar-refractivity contribution is 0.0764. The van der Waals surface area contributed by atoms with Gasteiger partial charge in [0.05, 0.1) is 23.6 Å². The van der Waals surface area contributed by atoms with Gasteiger partial charge in [0.25, 0.3) is 5.91 Å². The van der Waals surface area contributed by atoms with Crippen molar-refractivity contribution >= 4 is 16.8 Å². The van der Waals surface area contributed by atoms with E-state index in [1.165, 1.54) is 35.0 Å². The van der Waals surface area contributed by atoms with E-state index in [0.717, 1.165) is 41.5 Å². The standard InChI is InChI=1S/C14H11FN2.C9H12N4O.C6H6/c1-10-2-3-11-9-16-17(14(11)8-10)13-6-4-12(15)5-7-13;1-12-8(3-10-11-12)9(14)13-4-6-2-7(6)5-13;1-2-4-6-5-3-1/h2-9H,1H3;3,6-7H,2,4-5H2,1H3;1-6H. The van der Waals surface area contributed by atoms with Gasteiger partial charge in [-0.25, -0.2) is 13.8 Å². The van der Waals surface area contributed by atoms with Crippen LogP contribution in [0.3, 0.4) is 0 Å². The Bertz CT molecular complexity index is 1440. The fourth-order valence-electron chi connectivity index (χ4n) is 4.51. The van der Waals surface area contributed by atoms with Crippen molar-refractivity contribution < 1.29 is 9.18 Å². The summed E-state index contributed by atoms with van der Waals surface area (Å²) in [6.45, 7) is 3.89. The molecule has 2 unspecified atom stereocenters. The average molecular weight is 497 g/mol. The van der Waals surface area contributed by atoms with E-state index < -0.39 is 0 Å². The van der Waals surface area contributed by atoms with Crippen LogP contribution in [-0.4, -0.2) is 48.7 Å². The molecule has 0 spiro atoms. The Kier molecular flexibility index (Phi) is 7.07. The van der Waals surface area contributed by atoms with Gasteiger partial charge in [0, 0.05) is 25.5 Å². The molecule has 7 rings (SSSR count). The summed E-state index contributed by atoms with van der Waals surface area (Å²) in [5.74, 6) is 1.39. The third kappa shape index (κ3) is 5.74. The van der Waals surface area contributed by atoms with E-state index in [2.05, 4.69) is 27.5 Å². The summed E-state index contributed by atoms with van der Waals surface area (Å²) in [5.41, 5.74) is 3.68. The maximum absolute atomic E-state index is 12.9. The average Bonchev–Trinajstić information content (AvgIpc) is 3.25. The van der Waals surface area contributed by atoms with Gasteiger partial charge in [-0.2, -0.15) is 5.10 Å². The van der Waals surface area contributed by atoms with Crippen LogP contribution >= 0.6 is 0 Å². The second-order valence-corrected chi connectivity index (χ2v) is 9.46. The van der Waals surface area contributed by atoms with Crippen molar-refractivity contribution in [1.29, 1.82) is 0 Å². The number of halogens is 1. The van der Waals surface area contributed by atoms with E-state index in [-0.39, 0.29) is 11.7 Å². The molecule has 1 aliphatic heterocycles. The number of carbonyl (C=O) groups is 1. The highest BCUT2D eigenvalue weighted by Crippen LogP contribution is 2.45. The lowest BCUT2D eigenvalue weighted by Gasteiger charge is -2.16. The molecule has 3 heterocycles. The SMILES string of the molecule is Cc1ccc2cnn(-c3ccc(F)cc3)c2c1.Cn1nncc1C(=O)N1CC2CC2C1.c1ccccc1. The van der Waals surface area contributed by atoms with Gasteiger partial charge in [-0.05, 0) is 61.1 Å². The van der Waals surface area contributed by atoms with Crippen LogP contribution in [0.5, 0.6) is 0 Å². The van der Waals surface area contributed by atoms with Crippen molar-refractivity contribution in [2.45, 2.75) is 13.3 Å². The predicted molar refractivity (Wildman–Crippen MR) is 141 cm³/mol. The van der Waals surface area contributed by atoms with Crippen LogP contribution in [0.2, 0.25) is 0 Å². The van der Waals surface area contributed by atoms with Crippen LogP contribution < -0.4 is 0 Å². The Hall–Kier alpha value is -4.33. The molecule has 1 aliphatic carbocycles. The highest BCUT2D eigenvalue weighted by Gasteiger charge is 2.46. The van der Waals surface area contributed by atoms with Crippen LogP contribution in [0.1, 0.15) is 22.5 Å². The molecular weight excluding hydrogens is 467 g/mol. The maximum atomic E-state index is 12.9. The number of amides is 1. The number of aromatic nitrogens is 5. The Balaban J connectivity index is 0.000000126. The fraction of sp³-hybridized carbons (Fsp3) is 0.241. The van der Waals surface area contributed by atoms with Crippen molar-refractivity contribution in [3.63, 3.8) is 0 Å². The zero-order chi connectivity index (χ0) is 25.8. The molecule has 3 aromatic carbocycles. The van der Waals surface area contributed by atoms with Crippen molar-refractivity contribution in [3.8, 4) is 5.69 Å². The molecule has 2 fully saturated rings. The van der Waals surface area contributed by atoms with Crippen molar-refractivity contribution in [2.24, 2.45) is 18.9 Å². The molecule has 8 heteroatoms. The first kappa shape index (κ1) is 24.4. The van der Waals surface area contributed by atoms with Crippen molar-refractivity contribution in [1.82, 2.24) is 29.7 Å². The highest BCUT2D eigenvalue weighted by molar-refractivity contribution is 5.92.